The third-order valence-corrected chi connectivity index (χ3v) is 11.7. The third-order valence-electron chi connectivity index (χ3n) is 10.5. The molecule has 1 aromatic heterocycles. The van der Waals surface area contributed by atoms with Crippen molar-refractivity contribution < 1.29 is 0 Å². The van der Waals surface area contributed by atoms with Gasteiger partial charge in [0.2, 0.25) is 0 Å². The van der Waals surface area contributed by atoms with E-state index < -0.39 is 0 Å². The molecule has 0 atom stereocenters. The molecular formula is C52H35NS. The number of thiophene rings is 1. The van der Waals surface area contributed by atoms with E-state index in [9.17, 15) is 0 Å². The summed E-state index contributed by atoms with van der Waals surface area (Å²) in [7, 11) is 0. The number of hydrogen-bond donors (Lipinski definition) is 0. The highest BCUT2D eigenvalue weighted by Crippen LogP contribution is 2.46. The Balaban J connectivity index is 1.12. The van der Waals surface area contributed by atoms with E-state index in [0.717, 1.165) is 11.4 Å². The lowest BCUT2D eigenvalue weighted by atomic mass is 9.93. The van der Waals surface area contributed by atoms with E-state index in [0.29, 0.717) is 0 Å². The molecule has 0 spiro atoms. The number of anilines is 3. The predicted molar refractivity (Wildman–Crippen MR) is 233 cm³/mol. The van der Waals surface area contributed by atoms with Gasteiger partial charge >= 0.3 is 0 Å². The molecule has 54 heavy (non-hydrogen) atoms. The number of hydrogen-bond acceptors (Lipinski definition) is 2. The van der Waals surface area contributed by atoms with Crippen LogP contribution in [-0.4, -0.2) is 0 Å². The maximum absolute atomic E-state index is 2.44. The molecule has 0 aliphatic heterocycles. The Morgan fingerprint density at radius 2 is 0.852 bits per heavy atom. The summed E-state index contributed by atoms with van der Waals surface area (Å²) in [6.45, 7) is 0. The summed E-state index contributed by atoms with van der Waals surface area (Å²) in [4.78, 5) is 2.44. The topological polar surface area (TPSA) is 3.24 Å². The molecule has 0 amide bonds. The van der Waals surface area contributed by atoms with Crippen LogP contribution in [0.15, 0.2) is 212 Å². The van der Waals surface area contributed by atoms with Crippen molar-refractivity contribution >= 4 is 59.3 Å². The van der Waals surface area contributed by atoms with Gasteiger partial charge in [0.05, 0.1) is 10.4 Å². The van der Waals surface area contributed by atoms with Gasteiger partial charge in [-0.2, -0.15) is 0 Å². The minimum atomic E-state index is 1.11. The Hall–Kier alpha value is -6.74. The highest BCUT2D eigenvalue weighted by Gasteiger charge is 2.20. The molecule has 0 saturated carbocycles. The van der Waals surface area contributed by atoms with E-state index in [2.05, 4.69) is 217 Å². The Labute approximate surface area is 319 Å². The average Bonchev–Trinajstić information content (AvgIpc) is 3.64. The van der Waals surface area contributed by atoms with Gasteiger partial charge in [-0.25, -0.2) is 0 Å². The SMILES string of the molecule is c1ccc(-c2ccc3ccc(-c4ccc(N(c5ccc(-c6ccccc6)c(-c6ccccc6)c5)c5cccc6c5sc5ccccc56)cc4)cc3c2)cc1. The number of fused-ring (bicyclic) bond motifs is 4. The van der Waals surface area contributed by atoms with Crippen molar-refractivity contribution in [3.8, 4) is 44.5 Å². The van der Waals surface area contributed by atoms with Gasteiger partial charge in [-0.05, 0) is 104 Å². The molecule has 0 bridgehead atoms. The first-order valence-electron chi connectivity index (χ1n) is 18.4. The molecule has 0 N–H and O–H groups in total. The van der Waals surface area contributed by atoms with E-state index in [-0.39, 0.29) is 0 Å². The molecule has 0 fully saturated rings. The van der Waals surface area contributed by atoms with Gasteiger partial charge in [-0.15, -0.1) is 11.3 Å². The van der Waals surface area contributed by atoms with E-state index in [1.165, 1.54) is 81.1 Å². The first-order chi connectivity index (χ1) is 26.8. The highest BCUT2D eigenvalue weighted by atomic mass is 32.1. The fourth-order valence-electron chi connectivity index (χ4n) is 7.77. The van der Waals surface area contributed by atoms with Crippen LogP contribution in [0.25, 0.3) is 75.5 Å². The van der Waals surface area contributed by atoms with Crippen molar-refractivity contribution in [3.63, 3.8) is 0 Å². The van der Waals surface area contributed by atoms with Crippen LogP contribution in [0.1, 0.15) is 0 Å². The van der Waals surface area contributed by atoms with Crippen LogP contribution < -0.4 is 4.90 Å². The summed E-state index contributed by atoms with van der Waals surface area (Å²) in [5.41, 5.74) is 13.1. The highest BCUT2D eigenvalue weighted by molar-refractivity contribution is 7.26. The molecule has 10 rings (SSSR count). The van der Waals surface area contributed by atoms with Gasteiger partial charge in [-0.1, -0.05) is 164 Å². The normalized spacial score (nSPS) is 11.3. The molecule has 0 aliphatic rings. The number of benzene rings is 9. The van der Waals surface area contributed by atoms with E-state index in [1.807, 2.05) is 11.3 Å². The molecule has 0 unspecified atom stereocenters. The van der Waals surface area contributed by atoms with Crippen molar-refractivity contribution in [2.75, 3.05) is 4.90 Å². The van der Waals surface area contributed by atoms with Gasteiger partial charge in [0.15, 0.2) is 0 Å². The van der Waals surface area contributed by atoms with E-state index in [1.54, 1.807) is 0 Å². The minimum absolute atomic E-state index is 1.11. The quantitative estimate of drug-likeness (QED) is 0.160. The second kappa shape index (κ2) is 13.7. The molecule has 1 nitrogen and oxygen atoms in total. The second-order valence-electron chi connectivity index (χ2n) is 13.7. The lowest BCUT2D eigenvalue weighted by Gasteiger charge is -2.27. The zero-order chi connectivity index (χ0) is 35.8. The summed E-state index contributed by atoms with van der Waals surface area (Å²) in [5, 5.41) is 5.06. The largest absolute Gasteiger partial charge is 0.309 e. The Morgan fingerprint density at radius 3 is 1.54 bits per heavy atom. The van der Waals surface area contributed by atoms with Crippen molar-refractivity contribution in [2.24, 2.45) is 0 Å². The van der Waals surface area contributed by atoms with Crippen LogP contribution in [0.3, 0.4) is 0 Å². The van der Waals surface area contributed by atoms with Crippen LogP contribution in [0.4, 0.5) is 17.1 Å². The van der Waals surface area contributed by atoms with Gasteiger partial charge in [0.25, 0.3) is 0 Å². The molecule has 10 aromatic rings. The zero-order valence-electron chi connectivity index (χ0n) is 29.6. The monoisotopic (exact) mass is 705 g/mol. The summed E-state index contributed by atoms with van der Waals surface area (Å²) in [6, 6.07) is 77.1. The number of nitrogens with zero attached hydrogens (tertiary/aromatic N) is 1. The summed E-state index contributed by atoms with van der Waals surface area (Å²) >= 11 is 1.87. The zero-order valence-corrected chi connectivity index (χ0v) is 30.4. The van der Waals surface area contributed by atoms with Gasteiger partial charge in [0, 0.05) is 26.8 Å². The third kappa shape index (κ3) is 5.84. The number of rotatable bonds is 7. The van der Waals surface area contributed by atoms with Crippen molar-refractivity contribution in [1.82, 2.24) is 0 Å². The van der Waals surface area contributed by atoms with Gasteiger partial charge < -0.3 is 4.90 Å². The fourth-order valence-corrected chi connectivity index (χ4v) is 8.98. The molecule has 0 aliphatic carbocycles. The van der Waals surface area contributed by atoms with Crippen LogP contribution in [0, 0.1) is 0 Å². The molecule has 254 valence electrons. The van der Waals surface area contributed by atoms with Crippen molar-refractivity contribution in [1.29, 1.82) is 0 Å². The molecule has 0 saturated heterocycles. The first-order valence-corrected chi connectivity index (χ1v) is 19.2. The predicted octanol–water partition coefficient (Wildman–Crippen LogP) is 15.3. The fraction of sp³-hybridized carbons (Fsp3) is 0. The van der Waals surface area contributed by atoms with Crippen molar-refractivity contribution in [2.45, 2.75) is 0 Å². The maximum Gasteiger partial charge on any atom is 0.0640 e. The molecule has 1 heterocycles. The standard InChI is InChI=1S/C52H35NS/c1-4-13-36(14-5-1)41-25-23-38-24-26-42(34-43(38)33-41)37-27-29-44(30-28-37)53(50-21-12-20-48-47-19-10-11-22-51(47)54-52(48)50)45-31-32-46(39-15-6-2-7-16-39)49(35-45)40-17-8-3-9-18-40/h1-35H. The Kier molecular flexibility index (Phi) is 8.09. The van der Waals surface area contributed by atoms with E-state index >= 15 is 0 Å². The van der Waals surface area contributed by atoms with Gasteiger partial charge in [0.1, 0.15) is 0 Å². The summed E-state index contributed by atoms with van der Waals surface area (Å²) in [5.74, 6) is 0. The molecular weight excluding hydrogens is 671 g/mol. The Morgan fingerprint density at radius 1 is 0.315 bits per heavy atom. The minimum Gasteiger partial charge on any atom is -0.309 e. The Bertz CT molecular complexity index is 2910. The van der Waals surface area contributed by atoms with Crippen LogP contribution in [0.2, 0.25) is 0 Å². The van der Waals surface area contributed by atoms with Crippen LogP contribution >= 0.6 is 11.3 Å². The summed E-state index contributed by atoms with van der Waals surface area (Å²) < 4.78 is 2.58. The maximum atomic E-state index is 2.44. The lowest BCUT2D eigenvalue weighted by Crippen LogP contribution is -2.10. The second-order valence-corrected chi connectivity index (χ2v) is 14.8. The van der Waals surface area contributed by atoms with E-state index in [4.69, 9.17) is 0 Å². The molecule has 9 aromatic carbocycles. The average molecular weight is 706 g/mol. The van der Waals surface area contributed by atoms with Gasteiger partial charge in [-0.3, -0.25) is 0 Å². The smallest absolute Gasteiger partial charge is 0.0640 e. The van der Waals surface area contributed by atoms with Crippen LogP contribution in [-0.2, 0) is 0 Å². The molecule has 0 radical (unpaired) electrons. The lowest BCUT2D eigenvalue weighted by molar-refractivity contribution is 1.30. The van der Waals surface area contributed by atoms with Crippen LogP contribution in [0.5, 0.6) is 0 Å². The summed E-state index contributed by atoms with van der Waals surface area (Å²) in [6.07, 6.45) is 0. The first kappa shape index (κ1) is 32.0. The van der Waals surface area contributed by atoms with Crippen molar-refractivity contribution in [3.05, 3.63) is 212 Å². The molecule has 2 heteroatoms.